The van der Waals surface area contributed by atoms with Crippen molar-refractivity contribution in [3.8, 4) is 0 Å². The van der Waals surface area contributed by atoms with Gasteiger partial charge in [0.2, 0.25) is 6.41 Å². The molecular formula is C9H16BrN3O2. The van der Waals surface area contributed by atoms with E-state index in [1.165, 1.54) is 0 Å². The predicted molar refractivity (Wildman–Crippen MR) is 63.4 cm³/mol. The Bertz CT molecular complexity index is 254. The lowest BCUT2D eigenvalue weighted by Crippen LogP contribution is -2.30. The van der Waals surface area contributed by atoms with Gasteiger partial charge in [-0.05, 0) is 13.3 Å². The number of hydrogen-bond acceptors (Lipinski definition) is 2. The molecule has 0 aromatic carbocycles. The smallest absolute Gasteiger partial charge is 0.351 e. The first-order valence-corrected chi connectivity index (χ1v) is 5.69. The normalized spacial score (nSPS) is 11.1. The second-order valence-electron chi connectivity index (χ2n) is 3.18. The van der Waals surface area contributed by atoms with Crippen LogP contribution in [0.5, 0.6) is 0 Å². The highest BCUT2D eigenvalue weighted by atomic mass is 79.9. The molecule has 0 unspecified atom stereocenters. The van der Waals surface area contributed by atoms with Gasteiger partial charge in [-0.15, -0.1) is 0 Å². The molecule has 0 spiro atoms. The van der Waals surface area contributed by atoms with Crippen LogP contribution in [-0.4, -0.2) is 54.0 Å². The van der Waals surface area contributed by atoms with Crippen LogP contribution in [0.25, 0.3) is 0 Å². The number of imide groups is 1. The van der Waals surface area contributed by atoms with Gasteiger partial charge in [-0.1, -0.05) is 15.9 Å². The number of carbonyl (C=O) groups is 2. The molecule has 5 nitrogen and oxygen atoms in total. The van der Waals surface area contributed by atoms with E-state index in [1.807, 2.05) is 0 Å². The number of alkyl halides is 1. The third-order valence-electron chi connectivity index (χ3n) is 1.81. The average molecular weight is 278 g/mol. The summed E-state index contributed by atoms with van der Waals surface area (Å²) < 4.78 is 0. The van der Waals surface area contributed by atoms with E-state index in [0.717, 1.165) is 16.7 Å². The zero-order valence-corrected chi connectivity index (χ0v) is 10.8. The number of urea groups is 1. The van der Waals surface area contributed by atoms with Crippen molar-refractivity contribution >= 4 is 34.2 Å². The zero-order chi connectivity index (χ0) is 11.8. The molecule has 0 radical (unpaired) electrons. The largest absolute Gasteiger partial charge is 0.366 e. The molecule has 0 aliphatic rings. The molecule has 0 saturated carbocycles. The highest BCUT2D eigenvalue weighted by Crippen LogP contribution is 1.96. The second-order valence-corrected chi connectivity index (χ2v) is 3.97. The van der Waals surface area contributed by atoms with E-state index in [1.54, 1.807) is 25.9 Å². The number of rotatable bonds is 4. The fourth-order valence-corrected chi connectivity index (χ4v) is 0.977. The fraction of sp³-hybridized carbons (Fsp3) is 0.667. The van der Waals surface area contributed by atoms with Crippen LogP contribution >= 0.6 is 15.9 Å². The summed E-state index contributed by atoms with van der Waals surface area (Å²) in [5.41, 5.74) is 0. The van der Waals surface area contributed by atoms with Crippen LogP contribution in [0.4, 0.5) is 4.79 Å². The monoisotopic (exact) mass is 277 g/mol. The van der Waals surface area contributed by atoms with Crippen LogP contribution in [0.2, 0.25) is 0 Å². The Balaban J connectivity index is 4.39. The second kappa shape index (κ2) is 7.39. The molecule has 0 aliphatic heterocycles. The van der Waals surface area contributed by atoms with Crippen molar-refractivity contribution in [2.24, 2.45) is 4.99 Å². The van der Waals surface area contributed by atoms with Crippen LogP contribution in [0.15, 0.2) is 4.99 Å². The topological polar surface area (TPSA) is 53.0 Å². The van der Waals surface area contributed by atoms with E-state index in [0.29, 0.717) is 18.8 Å². The fourth-order valence-electron chi connectivity index (χ4n) is 0.726. The molecule has 0 fully saturated rings. The Morgan fingerprint density at radius 1 is 1.47 bits per heavy atom. The van der Waals surface area contributed by atoms with E-state index in [2.05, 4.69) is 20.9 Å². The highest BCUT2D eigenvalue weighted by molar-refractivity contribution is 9.09. The summed E-state index contributed by atoms with van der Waals surface area (Å²) in [6.07, 6.45) is 1.23. The van der Waals surface area contributed by atoms with E-state index in [4.69, 9.17) is 0 Å². The third-order valence-corrected chi connectivity index (χ3v) is 2.37. The third kappa shape index (κ3) is 5.51. The Labute approximate surface area is 98.3 Å². The van der Waals surface area contributed by atoms with Gasteiger partial charge >= 0.3 is 6.03 Å². The van der Waals surface area contributed by atoms with Gasteiger partial charge in [0, 0.05) is 26.0 Å². The number of carbonyl (C=O) groups excluding carboxylic acids is 2. The van der Waals surface area contributed by atoms with Crippen molar-refractivity contribution in [3.05, 3.63) is 0 Å². The van der Waals surface area contributed by atoms with Gasteiger partial charge in [-0.25, -0.2) is 4.79 Å². The van der Waals surface area contributed by atoms with Gasteiger partial charge in [0.15, 0.2) is 0 Å². The molecule has 0 aromatic rings. The molecule has 0 N–H and O–H groups in total. The van der Waals surface area contributed by atoms with Gasteiger partial charge in [-0.3, -0.25) is 9.69 Å². The van der Waals surface area contributed by atoms with Gasteiger partial charge in [0.25, 0.3) is 0 Å². The molecule has 15 heavy (non-hydrogen) atoms. The molecule has 0 saturated heterocycles. The summed E-state index contributed by atoms with van der Waals surface area (Å²) in [5, 5.41) is 0.751. The summed E-state index contributed by atoms with van der Waals surface area (Å²) >= 11 is 3.23. The van der Waals surface area contributed by atoms with Crippen LogP contribution in [0.3, 0.4) is 0 Å². The summed E-state index contributed by atoms with van der Waals surface area (Å²) in [6, 6.07) is -0.517. The lowest BCUT2D eigenvalue weighted by Gasteiger charge is -2.14. The molecule has 0 aliphatic carbocycles. The molecule has 6 heteroatoms. The first-order valence-electron chi connectivity index (χ1n) is 4.57. The number of amides is 3. The summed E-state index contributed by atoms with van der Waals surface area (Å²) in [6.45, 7) is 2.10. The molecule has 3 amide bonds. The Morgan fingerprint density at radius 2 is 2.07 bits per heavy atom. The van der Waals surface area contributed by atoms with Gasteiger partial charge in [0.1, 0.15) is 5.84 Å². The minimum Gasteiger partial charge on any atom is -0.366 e. The lowest BCUT2D eigenvalue weighted by atomic mass is 10.4. The van der Waals surface area contributed by atoms with Crippen molar-refractivity contribution in [2.45, 2.75) is 13.3 Å². The average Bonchev–Trinajstić information content (AvgIpc) is 2.18. The minimum absolute atomic E-state index is 0.387. The SMILES string of the molecule is C/C(=N/C(=O)N(C=O)CCCBr)N(C)C. The van der Waals surface area contributed by atoms with E-state index < -0.39 is 6.03 Å². The molecule has 0 rings (SSSR count). The predicted octanol–water partition coefficient (Wildman–Crippen LogP) is 1.33. The first-order chi connectivity index (χ1) is 7.02. The summed E-state index contributed by atoms with van der Waals surface area (Å²) in [4.78, 5) is 28.6. The molecule has 0 heterocycles. The number of halogens is 1. The Hall–Kier alpha value is -0.910. The van der Waals surface area contributed by atoms with Crippen molar-refractivity contribution in [1.82, 2.24) is 9.80 Å². The highest BCUT2D eigenvalue weighted by Gasteiger charge is 2.11. The van der Waals surface area contributed by atoms with Crippen molar-refractivity contribution in [2.75, 3.05) is 26.0 Å². The standard InChI is InChI=1S/C9H16BrN3O2/c1-8(12(2)3)11-9(15)13(7-14)6-4-5-10/h7H,4-6H2,1-3H3/b11-8-. The quantitative estimate of drug-likeness (QED) is 0.337. The van der Waals surface area contributed by atoms with Crippen LogP contribution in [0.1, 0.15) is 13.3 Å². The molecule has 86 valence electrons. The number of amidine groups is 1. The zero-order valence-electron chi connectivity index (χ0n) is 9.23. The van der Waals surface area contributed by atoms with Crippen molar-refractivity contribution in [3.63, 3.8) is 0 Å². The van der Waals surface area contributed by atoms with E-state index >= 15 is 0 Å². The minimum atomic E-state index is -0.517. The number of aliphatic imine (C=N–C) groups is 1. The maximum Gasteiger partial charge on any atom is 0.351 e. The Kier molecular flexibility index (Phi) is 6.94. The van der Waals surface area contributed by atoms with Gasteiger partial charge < -0.3 is 4.90 Å². The van der Waals surface area contributed by atoms with Crippen LogP contribution < -0.4 is 0 Å². The Morgan fingerprint density at radius 3 is 2.47 bits per heavy atom. The van der Waals surface area contributed by atoms with E-state index in [9.17, 15) is 9.59 Å². The molecular weight excluding hydrogens is 262 g/mol. The maximum absolute atomic E-state index is 11.5. The van der Waals surface area contributed by atoms with Gasteiger partial charge in [-0.2, -0.15) is 4.99 Å². The molecule has 0 aromatic heterocycles. The molecule has 0 bridgehead atoms. The van der Waals surface area contributed by atoms with Crippen molar-refractivity contribution in [1.29, 1.82) is 0 Å². The lowest BCUT2D eigenvalue weighted by molar-refractivity contribution is -0.115. The van der Waals surface area contributed by atoms with Gasteiger partial charge in [0.05, 0.1) is 0 Å². The first kappa shape index (κ1) is 14.1. The molecule has 0 atom stereocenters. The number of nitrogens with zero attached hydrogens (tertiary/aromatic N) is 3. The maximum atomic E-state index is 11.5. The van der Waals surface area contributed by atoms with Crippen LogP contribution in [-0.2, 0) is 4.79 Å². The summed E-state index contributed by atoms with van der Waals surface area (Å²) in [7, 11) is 3.58. The van der Waals surface area contributed by atoms with Crippen LogP contribution in [0, 0.1) is 0 Å². The summed E-state index contributed by atoms with van der Waals surface area (Å²) in [5.74, 6) is 0.575. The number of hydrogen-bond donors (Lipinski definition) is 0. The van der Waals surface area contributed by atoms with E-state index in [-0.39, 0.29) is 0 Å². The van der Waals surface area contributed by atoms with Crippen molar-refractivity contribution < 1.29 is 9.59 Å².